The maximum atomic E-state index is 11.7. The van der Waals surface area contributed by atoms with Crippen LogP contribution in [-0.2, 0) is 27.7 Å². The van der Waals surface area contributed by atoms with Crippen LogP contribution >= 0.6 is 0 Å². The van der Waals surface area contributed by atoms with Crippen molar-refractivity contribution < 1.29 is 13.2 Å². The van der Waals surface area contributed by atoms with Crippen molar-refractivity contribution in [2.45, 2.75) is 31.9 Å². The standard InChI is InChI=1S/C22H24N4O3S/c1-4-20-19-11-6-16(14-22(19)25(24-20)15-29-5-2)21-12-13-23-26(21)17-7-9-18(10-8-17)30(3,27)28/h6-14H,4-5,15H2,1-3H3. The Morgan fingerprint density at radius 1 is 1.03 bits per heavy atom. The molecule has 0 N–H and O–H groups in total. The first kappa shape index (κ1) is 20.3. The summed E-state index contributed by atoms with van der Waals surface area (Å²) >= 11 is 0. The average molecular weight is 425 g/mol. The van der Waals surface area contributed by atoms with Crippen LogP contribution in [-0.4, -0.2) is 40.8 Å². The van der Waals surface area contributed by atoms with Crippen LogP contribution in [0, 0.1) is 0 Å². The first-order valence-electron chi connectivity index (χ1n) is 9.84. The van der Waals surface area contributed by atoms with Gasteiger partial charge in [-0.25, -0.2) is 17.8 Å². The third kappa shape index (κ3) is 3.76. The zero-order chi connectivity index (χ0) is 21.3. The summed E-state index contributed by atoms with van der Waals surface area (Å²) in [6.07, 6.45) is 3.78. The smallest absolute Gasteiger partial charge is 0.175 e. The van der Waals surface area contributed by atoms with Crippen LogP contribution in [0.3, 0.4) is 0 Å². The van der Waals surface area contributed by atoms with Crippen LogP contribution in [0.25, 0.3) is 27.8 Å². The summed E-state index contributed by atoms with van der Waals surface area (Å²) < 4.78 is 32.7. The summed E-state index contributed by atoms with van der Waals surface area (Å²) in [7, 11) is -3.24. The lowest BCUT2D eigenvalue weighted by Crippen LogP contribution is -2.04. The second-order valence-electron chi connectivity index (χ2n) is 7.05. The van der Waals surface area contributed by atoms with E-state index in [1.165, 1.54) is 6.26 Å². The Kier molecular flexibility index (Phi) is 5.44. The fourth-order valence-electron chi connectivity index (χ4n) is 3.50. The molecule has 0 saturated heterocycles. The molecule has 0 fully saturated rings. The van der Waals surface area contributed by atoms with E-state index in [9.17, 15) is 8.42 Å². The molecule has 0 amide bonds. The van der Waals surface area contributed by atoms with Gasteiger partial charge in [-0.15, -0.1) is 0 Å². The fourth-order valence-corrected chi connectivity index (χ4v) is 4.13. The van der Waals surface area contributed by atoms with Crippen molar-refractivity contribution in [1.82, 2.24) is 19.6 Å². The maximum absolute atomic E-state index is 11.7. The minimum atomic E-state index is -3.24. The molecule has 0 atom stereocenters. The summed E-state index contributed by atoms with van der Waals surface area (Å²) in [5.41, 5.74) is 4.75. The Labute approximate surface area is 175 Å². The van der Waals surface area contributed by atoms with E-state index in [4.69, 9.17) is 9.84 Å². The lowest BCUT2D eigenvalue weighted by Gasteiger charge is -2.10. The van der Waals surface area contributed by atoms with Gasteiger partial charge in [-0.1, -0.05) is 19.1 Å². The predicted octanol–water partition coefficient (Wildman–Crippen LogP) is 3.85. The van der Waals surface area contributed by atoms with Crippen LogP contribution in [0.2, 0.25) is 0 Å². The van der Waals surface area contributed by atoms with Gasteiger partial charge in [0.15, 0.2) is 9.84 Å². The number of rotatable bonds is 7. The van der Waals surface area contributed by atoms with Gasteiger partial charge in [-0.3, -0.25) is 0 Å². The van der Waals surface area contributed by atoms with Gasteiger partial charge in [0.1, 0.15) is 6.73 Å². The van der Waals surface area contributed by atoms with Crippen LogP contribution in [0.15, 0.2) is 59.6 Å². The Bertz CT molecular complexity index is 1290. The number of aryl methyl sites for hydroxylation is 1. The van der Waals surface area contributed by atoms with Gasteiger partial charge in [-0.05, 0) is 49.7 Å². The van der Waals surface area contributed by atoms with Crippen molar-refractivity contribution in [2.75, 3.05) is 12.9 Å². The second kappa shape index (κ2) is 8.04. The Morgan fingerprint density at radius 3 is 2.47 bits per heavy atom. The lowest BCUT2D eigenvalue weighted by molar-refractivity contribution is 0.0820. The molecular formula is C22H24N4O3S. The zero-order valence-electron chi connectivity index (χ0n) is 17.2. The molecule has 0 bridgehead atoms. The number of aromatic nitrogens is 4. The molecule has 4 aromatic rings. The highest BCUT2D eigenvalue weighted by Crippen LogP contribution is 2.28. The van der Waals surface area contributed by atoms with E-state index >= 15 is 0 Å². The van der Waals surface area contributed by atoms with Crippen molar-refractivity contribution >= 4 is 20.7 Å². The highest BCUT2D eigenvalue weighted by atomic mass is 32.2. The van der Waals surface area contributed by atoms with Gasteiger partial charge >= 0.3 is 0 Å². The SMILES string of the molecule is CCOCn1nc(CC)c2ccc(-c3ccnn3-c3ccc(S(C)(=O)=O)cc3)cc21. The summed E-state index contributed by atoms with van der Waals surface area (Å²) in [6.45, 7) is 5.09. The molecule has 0 aliphatic heterocycles. The van der Waals surface area contributed by atoms with E-state index in [0.29, 0.717) is 13.3 Å². The minimum Gasteiger partial charge on any atom is -0.360 e. The molecule has 0 aliphatic carbocycles. The van der Waals surface area contributed by atoms with Gasteiger partial charge in [0.25, 0.3) is 0 Å². The van der Waals surface area contributed by atoms with E-state index in [2.05, 4.69) is 30.2 Å². The van der Waals surface area contributed by atoms with Crippen molar-refractivity contribution in [1.29, 1.82) is 0 Å². The van der Waals surface area contributed by atoms with Gasteiger partial charge in [0.05, 0.1) is 33.7 Å². The monoisotopic (exact) mass is 424 g/mol. The van der Waals surface area contributed by atoms with Crippen LogP contribution in [0.5, 0.6) is 0 Å². The minimum absolute atomic E-state index is 0.285. The van der Waals surface area contributed by atoms with Gasteiger partial charge in [0.2, 0.25) is 0 Å². The average Bonchev–Trinajstić information content (AvgIpc) is 3.36. The van der Waals surface area contributed by atoms with Crippen molar-refractivity contribution in [3.8, 4) is 16.9 Å². The molecule has 0 saturated carbocycles. The highest BCUT2D eigenvalue weighted by Gasteiger charge is 2.14. The molecule has 4 rings (SSSR count). The van der Waals surface area contributed by atoms with E-state index in [-0.39, 0.29) is 4.90 Å². The zero-order valence-corrected chi connectivity index (χ0v) is 18.1. The maximum Gasteiger partial charge on any atom is 0.175 e. The quantitative estimate of drug-likeness (QED) is 0.450. The van der Waals surface area contributed by atoms with Crippen LogP contribution < -0.4 is 0 Å². The first-order chi connectivity index (χ1) is 14.4. The Balaban J connectivity index is 1.78. The number of hydrogen-bond donors (Lipinski definition) is 0. The van der Waals surface area contributed by atoms with Crippen LogP contribution in [0.1, 0.15) is 19.5 Å². The van der Waals surface area contributed by atoms with Gasteiger partial charge in [0, 0.05) is 23.8 Å². The van der Waals surface area contributed by atoms with E-state index in [1.54, 1.807) is 35.1 Å². The van der Waals surface area contributed by atoms with Crippen LogP contribution in [0.4, 0.5) is 0 Å². The second-order valence-corrected chi connectivity index (χ2v) is 9.06. The molecule has 2 aromatic heterocycles. The number of benzene rings is 2. The summed E-state index contributed by atoms with van der Waals surface area (Å²) in [5, 5.41) is 10.3. The molecule has 30 heavy (non-hydrogen) atoms. The Morgan fingerprint density at radius 2 is 1.80 bits per heavy atom. The molecule has 7 nitrogen and oxygen atoms in total. The lowest BCUT2D eigenvalue weighted by atomic mass is 10.1. The molecule has 0 aliphatic rings. The number of sulfone groups is 1. The number of ether oxygens (including phenoxy) is 1. The summed E-state index contributed by atoms with van der Waals surface area (Å²) in [6, 6.07) is 14.9. The summed E-state index contributed by atoms with van der Waals surface area (Å²) in [4.78, 5) is 0.285. The van der Waals surface area contributed by atoms with Crippen molar-refractivity contribution in [2.24, 2.45) is 0 Å². The molecule has 0 spiro atoms. The Hall–Kier alpha value is -2.97. The van der Waals surface area contributed by atoms with E-state index in [0.717, 1.165) is 40.0 Å². The number of nitrogens with zero attached hydrogens (tertiary/aromatic N) is 4. The summed E-state index contributed by atoms with van der Waals surface area (Å²) in [5.74, 6) is 0. The molecule has 156 valence electrons. The number of fused-ring (bicyclic) bond motifs is 1. The molecule has 8 heteroatoms. The first-order valence-corrected chi connectivity index (χ1v) is 11.7. The largest absolute Gasteiger partial charge is 0.360 e. The van der Waals surface area contributed by atoms with Gasteiger partial charge in [-0.2, -0.15) is 10.2 Å². The third-order valence-corrected chi connectivity index (χ3v) is 6.16. The highest BCUT2D eigenvalue weighted by molar-refractivity contribution is 7.90. The normalized spacial score (nSPS) is 12.0. The van der Waals surface area contributed by atoms with Gasteiger partial charge < -0.3 is 4.74 Å². The molecule has 2 heterocycles. The molecular weight excluding hydrogens is 400 g/mol. The predicted molar refractivity (Wildman–Crippen MR) is 116 cm³/mol. The molecule has 0 radical (unpaired) electrons. The fraction of sp³-hybridized carbons (Fsp3) is 0.273. The van der Waals surface area contributed by atoms with Crippen molar-refractivity contribution in [3.05, 3.63) is 60.4 Å². The molecule has 0 unspecified atom stereocenters. The van der Waals surface area contributed by atoms with E-state index in [1.807, 2.05) is 17.7 Å². The molecule has 2 aromatic carbocycles. The number of hydrogen-bond acceptors (Lipinski definition) is 5. The van der Waals surface area contributed by atoms with E-state index < -0.39 is 9.84 Å². The van der Waals surface area contributed by atoms with Crippen molar-refractivity contribution in [3.63, 3.8) is 0 Å². The third-order valence-electron chi connectivity index (χ3n) is 5.03. The topological polar surface area (TPSA) is 79.0 Å².